The average Bonchev–Trinajstić information content (AvgIpc) is 2.65. The number of hydrogen-bond donors (Lipinski definition) is 1. The quantitative estimate of drug-likeness (QED) is 0.681. The van der Waals surface area contributed by atoms with Crippen LogP contribution in [0.25, 0.3) is 0 Å². The molecule has 4 heteroatoms. The number of piperidine rings is 1. The molecule has 1 atom stereocenters. The van der Waals surface area contributed by atoms with Gasteiger partial charge in [-0.05, 0) is 87.6 Å². The molecule has 1 unspecified atom stereocenters. The van der Waals surface area contributed by atoms with Gasteiger partial charge >= 0.3 is 0 Å². The molecule has 2 aromatic rings. The first-order valence-corrected chi connectivity index (χ1v) is 10.3. The monoisotopic (exact) mass is 390 g/mol. The maximum absolute atomic E-state index is 6.41. The molecule has 0 aromatic heterocycles. The maximum atomic E-state index is 6.41. The number of likely N-dealkylation sites (tertiary alicyclic amines) is 1. The molecule has 1 heterocycles. The Labute approximate surface area is 167 Å². The van der Waals surface area contributed by atoms with Gasteiger partial charge in [0.05, 0.1) is 0 Å². The predicted octanol–water partition coefficient (Wildman–Crippen LogP) is 5.39. The van der Waals surface area contributed by atoms with Gasteiger partial charge in [0, 0.05) is 16.1 Å². The predicted molar refractivity (Wildman–Crippen MR) is 112 cm³/mol. The highest BCUT2D eigenvalue weighted by Gasteiger charge is 2.18. The molecule has 140 valence electrons. The van der Waals surface area contributed by atoms with Crippen molar-refractivity contribution < 1.29 is 0 Å². The first-order chi connectivity index (χ1) is 12.6. The normalized spacial score (nSPS) is 17.3. The summed E-state index contributed by atoms with van der Waals surface area (Å²) < 4.78 is 0. The third kappa shape index (κ3) is 5.72. The summed E-state index contributed by atoms with van der Waals surface area (Å²) in [5.74, 6) is 0.436. The molecule has 0 bridgehead atoms. The second-order valence-corrected chi connectivity index (χ2v) is 8.21. The number of halogens is 2. The smallest absolute Gasteiger partial charge is 0.0438 e. The van der Waals surface area contributed by atoms with E-state index in [4.69, 9.17) is 23.2 Å². The molecule has 0 spiro atoms. The van der Waals surface area contributed by atoms with E-state index in [1.54, 1.807) is 0 Å². The van der Waals surface area contributed by atoms with E-state index in [1.807, 2.05) is 24.3 Å². The highest BCUT2D eigenvalue weighted by Crippen LogP contribution is 2.28. The van der Waals surface area contributed by atoms with Crippen molar-refractivity contribution in [1.29, 1.82) is 0 Å². The van der Waals surface area contributed by atoms with E-state index >= 15 is 0 Å². The third-order valence-electron chi connectivity index (χ3n) is 5.41. The number of benzene rings is 2. The molecular weight excluding hydrogens is 363 g/mol. The van der Waals surface area contributed by atoms with E-state index in [2.05, 4.69) is 41.5 Å². The lowest BCUT2D eigenvalue weighted by Crippen LogP contribution is -2.41. The molecule has 26 heavy (non-hydrogen) atoms. The summed E-state index contributed by atoms with van der Waals surface area (Å²) in [6.45, 7) is 3.42. The van der Waals surface area contributed by atoms with Crippen molar-refractivity contribution in [3.63, 3.8) is 0 Å². The topological polar surface area (TPSA) is 15.3 Å². The highest BCUT2D eigenvalue weighted by molar-refractivity contribution is 6.31. The lowest BCUT2D eigenvalue weighted by atomic mass is 9.89. The third-order valence-corrected chi connectivity index (χ3v) is 6.03. The zero-order chi connectivity index (χ0) is 18.4. The van der Waals surface area contributed by atoms with E-state index in [9.17, 15) is 0 Å². The van der Waals surface area contributed by atoms with Gasteiger partial charge in [-0.15, -0.1) is 0 Å². The van der Waals surface area contributed by atoms with Crippen LogP contribution in [-0.2, 0) is 6.42 Å². The van der Waals surface area contributed by atoms with Crippen molar-refractivity contribution in [1.82, 2.24) is 10.2 Å². The molecule has 0 radical (unpaired) electrons. The minimum atomic E-state index is 0.436. The first-order valence-electron chi connectivity index (χ1n) is 9.52. The molecule has 1 aliphatic rings. The van der Waals surface area contributed by atoms with Gasteiger partial charge in [0.15, 0.2) is 0 Å². The first kappa shape index (κ1) is 19.7. The van der Waals surface area contributed by atoms with Crippen LogP contribution in [0.3, 0.4) is 0 Å². The lowest BCUT2D eigenvalue weighted by Gasteiger charge is -2.30. The maximum Gasteiger partial charge on any atom is 0.0438 e. The Kier molecular flexibility index (Phi) is 7.39. The zero-order valence-electron chi connectivity index (χ0n) is 15.4. The summed E-state index contributed by atoms with van der Waals surface area (Å²) >= 11 is 12.5. The van der Waals surface area contributed by atoms with Crippen LogP contribution in [0.15, 0.2) is 48.5 Å². The summed E-state index contributed by atoms with van der Waals surface area (Å²) in [7, 11) is 2.20. The Balaban J connectivity index is 1.63. The minimum absolute atomic E-state index is 0.436. The fourth-order valence-corrected chi connectivity index (χ4v) is 4.06. The second-order valence-electron chi connectivity index (χ2n) is 7.36. The average molecular weight is 391 g/mol. The molecule has 1 aliphatic heterocycles. The van der Waals surface area contributed by atoms with Gasteiger partial charge in [-0.3, -0.25) is 0 Å². The highest BCUT2D eigenvalue weighted by atomic mass is 35.5. The Morgan fingerprint density at radius 2 is 1.73 bits per heavy atom. The Hall–Kier alpha value is -1.06. The van der Waals surface area contributed by atoms with Crippen LogP contribution in [0.5, 0.6) is 0 Å². The Bertz CT molecular complexity index is 679. The van der Waals surface area contributed by atoms with Gasteiger partial charge in [-0.1, -0.05) is 53.5 Å². The fourth-order valence-electron chi connectivity index (χ4n) is 3.73. The molecule has 0 amide bonds. The summed E-state index contributed by atoms with van der Waals surface area (Å²) in [4.78, 5) is 2.41. The molecule has 0 aliphatic carbocycles. The fraction of sp³-hybridized carbons (Fsp3) is 0.455. The van der Waals surface area contributed by atoms with Crippen molar-refractivity contribution in [2.75, 3.05) is 26.7 Å². The van der Waals surface area contributed by atoms with Crippen LogP contribution in [0.4, 0.5) is 0 Å². The van der Waals surface area contributed by atoms with Crippen molar-refractivity contribution in [3.05, 3.63) is 69.7 Å². The van der Waals surface area contributed by atoms with E-state index in [0.29, 0.717) is 12.0 Å². The number of rotatable bonds is 7. The van der Waals surface area contributed by atoms with E-state index in [-0.39, 0.29) is 0 Å². The van der Waals surface area contributed by atoms with E-state index in [1.165, 1.54) is 37.1 Å². The van der Waals surface area contributed by atoms with Gasteiger partial charge in [-0.25, -0.2) is 0 Å². The molecule has 3 rings (SSSR count). The van der Waals surface area contributed by atoms with Crippen molar-refractivity contribution in [2.24, 2.45) is 0 Å². The largest absolute Gasteiger partial charge is 0.314 e. The molecule has 2 aromatic carbocycles. The lowest BCUT2D eigenvalue weighted by molar-refractivity contribution is 0.234. The van der Waals surface area contributed by atoms with Crippen molar-refractivity contribution >= 4 is 23.2 Å². The number of hydrogen-bond acceptors (Lipinski definition) is 2. The number of nitrogens with zero attached hydrogens (tertiary/aromatic N) is 1. The summed E-state index contributed by atoms with van der Waals surface area (Å²) in [6, 6.07) is 17.1. The second kappa shape index (κ2) is 9.75. The molecule has 1 fully saturated rings. The Morgan fingerprint density at radius 3 is 2.42 bits per heavy atom. The summed E-state index contributed by atoms with van der Waals surface area (Å²) in [5.41, 5.74) is 2.55. The standard InChI is InChI=1S/C22H28Cl2N2/c1-26-14-11-21(12-15-26)25-13-10-18(17-6-8-20(23)9-7-17)16-19-4-2-3-5-22(19)24/h2-9,18,21,25H,10-16H2,1H3. The van der Waals surface area contributed by atoms with Gasteiger partial charge in [0.1, 0.15) is 0 Å². The zero-order valence-corrected chi connectivity index (χ0v) is 16.9. The van der Waals surface area contributed by atoms with Gasteiger partial charge in [0.25, 0.3) is 0 Å². The summed E-state index contributed by atoms with van der Waals surface area (Å²) in [6.07, 6.45) is 4.54. The van der Waals surface area contributed by atoms with Crippen LogP contribution in [0.2, 0.25) is 10.0 Å². The van der Waals surface area contributed by atoms with Gasteiger partial charge in [0.2, 0.25) is 0 Å². The van der Waals surface area contributed by atoms with Crippen LogP contribution in [0, 0.1) is 0 Å². The van der Waals surface area contributed by atoms with Gasteiger partial charge in [-0.2, -0.15) is 0 Å². The van der Waals surface area contributed by atoms with Crippen molar-refractivity contribution in [3.8, 4) is 0 Å². The Morgan fingerprint density at radius 1 is 1.04 bits per heavy atom. The van der Waals surface area contributed by atoms with E-state index in [0.717, 1.165) is 29.4 Å². The minimum Gasteiger partial charge on any atom is -0.314 e. The molecule has 1 saturated heterocycles. The molecule has 0 saturated carbocycles. The van der Waals surface area contributed by atoms with Crippen LogP contribution >= 0.6 is 23.2 Å². The molecule has 2 nitrogen and oxygen atoms in total. The molecular formula is C22H28Cl2N2. The van der Waals surface area contributed by atoms with E-state index < -0.39 is 0 Å². The molecule has 1 N–H and O–H groups in total. The van der Waals surface area contributed by atoms with Gasteiger partial charge < -0.3 is 10.2 Å². The SMILES string of the molecule is CN1CCC(NCCC(Cc2ccccc2Cl)c2ccc(Cl)cc2)CC1. The van der Waals surface area contributed by atoms with Crippen LogP contribution < -0.4 is 5.32 Å². The number of nitrogens with one attached hydrogen (secondary N) is 1. The van der Waals surface area contributed by atoms with Crippen LogP contribution in [0.1, 0.15) is 36.3 Å². The van der Waals surface area contributed by atoms with Crippen molar-refractivity contribution in [2.45, 2.75) is 37.6 Å². The van der Waals surface area contributed by atoms with Crippen LogP contribution in [-0.4, -0.2) is 37.6 Å². The summed E-state index contributed by atoms with van der Waals surface area (Å²) in [5, 5.41) is 5.41.